The molecule has 0 saturated heterocycles. The smallest absolute Gasteiger partial charge is 0.306 e. The van der Waals surface area contributed by atoms with Crippen LogP contribution in [0.2, 0.25) is 0 Å². The first-order valence-electron chi connectivity index (χ1n) is 31.8. The van der Waals surface area contributed by atoms with Crippen LogP contribution in [-0.4, -0.2) is 37.2 Å². The van der Waals surface area contributed by atoms with E-state index in [0.29, 0.717) is 19.3 Å². The van der Waals surface area contributed by atoms with Gasteiger partial charge in [0.25, 0.3) is 0 Å². The second-order valence-corrected chi connectivity index (χ2v) is 21.3. The molecule has 0 aromatic rings. The predicted octanol–water partition coefficient (Wildman–Crippen LogP) is 21.6. The molecule has 6 heteroatoms. The minimum Gasteiger partial charge on any atom is -0.462 e. The number of esters is 3. The van der Waals surface area contributed by atoms with Crippen molar-refractivity contribution in [2.24, 2.45) is 0 Å². The molecule has 0 radical (unpaired) electrons. The highest BCUT2D eigenvalue weighted by molar-refractivity contribution is 5.71. The lowest BCUT2D eigenvalue weighted by Gasteiger charge is -2.18. The van der Waals surface area contributed by atoms with Crippen LogP contribution < -0.4 is 0 Å². The SMILES string of the molecule is CCCCC/C=C\C/C=C\CCCCCCCCCC(=O)OC(COC(=O)CCCCCCCCC/C=C\CCCCCCCC)COC(=O)CCCCCCCCCCC/C=C\C/C=C\CCCCCCC. The zero-order valence-corrected chi connectivity index (χ0v) is 48.7. The Morgan fingerprint density at radius 1 is 0.274 bits per heavy atom. The van der Waals surface area contributed by atoms with Crippen LogP contribution in [0.4, 0.5) is 0 Å². The van der Waals surface area contributed by atoms with E-state index in [0.717, 1.165) is 77.0 Å². The van der Waals surface area contributed by atoms with Crippen LogP contribution in [0, 0.1) is 0 Å². The second-order valence-electron chi connectivity index (χ2n) is 21.3. The zero-order chi connectivity index (χ0) is 52.9. The molecule has 0 heterocycles. The fraction of sp³-hybridized carbons (Fsp3) is 0.806. The predicted molar refractivity (Wildman–Crippen MR) is 316 cm³/mol. The van der Waals surface area contributed by atoms with Gasteiger partial charge in [0, 0.05) is 19.3 Å². The number of hydrogen-bond donors (Lipinski definition) is 0. The highest BCUT2D eigenvalue weighted by Gasteiger charge is 2.19. The molecular formula is C67H120O6. The second kappa shape index (κ2) is 61.7. The van der Waals surface area contributed by atoms with Crippen molar-refractivity contribution in [3.8, 4) is 0 Å². The van der Waals surface area contributed by atoms with Gasteiger partial charge in [0.1, 0.15) is 13.2 Å². The average Bonchev–Trinajstić information content (AvgIpc) is 3.39. The van der Waals surface area contributed by atoms with Crippen LogP contribution in [0.25, 0.3) is 0 Å². The topological polar surface area (TPSA) is 78.9 Å². The number of rotatable bonds is 58. The molecule has 424 valence electrons. The molecule has 0 aromatic carbocycles. The lowest BCUT2D eigenvalue weighted by atomic mass is 10.1. The van der Waals surface area contributed by atoms with Gasteiger partial charge in [0.2, 0.25) is 0 Å². The molecule has 0 rings (SSSR count). The molecule has 0 aliphatic carbocycles. The molecule has 0 fully saturated rings. The van der Waals surface area contributed by atoms with Gasteiger partial charge >= 0.3 is 17.9 Å². The van der Waals surface area contributed by atoms with Crippen LogP contribution in [-0.2, 0) is 28.6 Å². The molecule has 0 aliphatic rings. The molecule has 0 amide bonds. The van der Waals surface area contributed by atoms with Crippen LogP contribution in [0.3, 0.4) is 0 Å². The fourth-order valence-corrected chi connectivity index (χ4v) is 9.15. The van der Waals surface area contributed by atoms with Crippen molar-refractivity contribution >= 4 is 17.9 Å². The largest absolute Gasteiger partial charge is 0.462 e. The molecule has 0 bridgehead atoms. The quantitative estimate of drug-likeness (QED) is 0.0261. The average molecular weight is 1020 g/mol. The van der Waals surface area contributed by atoms with Crippen LogP contribution >= 0.6 is 0 Å². The first-order chi connectivity index (χ1) is 36.0. The number of carbonyl (C=O) groups is 3. The van der Waals surface area contributed by atoms with E-state index in [4.69, 9.17) is 14.2 Å². The minimum atomic E-state index is -0.783. The molecule has 73 heavy (non-hydrogen) atoms. The van der Waals surface area contributed by atoms with E-state index in [1.54, 1.807) is 0 Å². The van der Waals surface area contributed by atoms with Gasteiger partial charge in [0.15, 0.2) is 6.10 Å². The summed E-state index contributed by atoms with van der Waals surface area (Å²) in [6.07, 6.45) is 77.8. The normalized spacial score (nSPS) is 12.4. The van der Waals surface area contributed by atoms with E-state index in [1.807, 2.05) is 0 Å². The van der Waals surface area contributed by atoms with Crippen molar-refractivity contribution in [3.63, 3.8) is 0 Å². The van der Waals surface area contributed by atoms with Gasteiger partial charge in [-0.3, -0.25) is 14.4 Å². The maximum Gasteiger partial charge on any atom is 0.306 e. The Labute approximate surface area is 453 Å². The summed E-state index contributed by atoms with van der Waals surface area (Å²) in [5.74, 6) is -0.879. The number of ether oxygens (including phenoxy) is 3. The Morgan fingerprint density at radius 2 is 0.493 bits per heavy atom. The summed E-state index contributed by atoms with van der Waals surface area (Å²) >= 11 is 0. The molecule has 0 aliphatic heterocycles. The summed E-state index contributed by atoms with van der Waals surface area (Å²) in [6.45, 7) is 6.63. The highest BCUT2D eigenvalue weighted by Crippen LogP contribution is 2.16. The molecule has 0 spiro atoms. The molecule has 1 unspecified atom stereocenters. The van der Waals surface area contributed by atoms with Crippen molar-refractivity contribution in [1.29, 1.82) is 0 Å². The van der Waals surface area contributed by atoms with Gasteiger partial charge in [-0.15, -0.1) is 0 Å². The van der Waals surface area contributed by atoms with E-state index in [-0.39, 0.29) is 31.1 Å². The van der Waals surface area contributed by atoms with Gasteiger partial charge in [-0.2, -0.15) is 0 Å². The zero-order valence-electron chi connectivity index (χ0n) is 48.7. The van der Waals surface area contributed by atoms with Gasteiger partial charge in [0.05, 0.1) is 0 Å². The lowest BCUT2D eigenvalue weighted by molar-refractivity contribution is -0.167. The Morgan fingerprint density at radius 3 is 0.795 bits per heavy atom. The lowest BCUT2D eigenvalue weighted by Crippen LogP contribution is -2.30. The van der Waals surface area contributed by atoms with E-state index in [2.05, 4.69) is 81.5 Å². The summed E-state index contributed by atoms with van der Waals surface area (Å²) in [5.41, 5.74) is 0. The van der Waals surface area contributed by atoms with E-state index < -0.39 is 6.10 Å². The standard InChI is InChI=1S/C67H120O6/c1-4-7-10-13-16-19-22-25-28-31-32-33-34-37-39-42-45-48-51-54-57-60-66(69)72-63-64(73-67(70)61-58-55-52-49-46-43-40-36-30-27-24-21-18-15-12-9-6-3)62-71-65(68)59-56-53-50-47-44-41-38-35-29-26-23-20-17-14-11-8-5-2/h18,21-22,25-27,29-32,64H,4-17,19-20,23-24,28,33-63H2,1-3H3/b21-18-,25-22-,29-26-,30-27-,32-31-. The van der Waals surface area contributed by atoms with Gasteiger partial charge in [-0.1, -0.05) is 261 Å². The summed E-state index contributed by atoms with van der Waals surface area (Å²) in [4.78, 5) is 38.3. The summed E-state index contributed by atoms with van der Waals surface area (Å²) in [7, 11) is 0. The van der Waals surface area contributed by atoms with Crippen LogP contribution in [0.1, 0.15) is 329 Å². The van der Waals surface area contributed by atoms with Crippen molar-refractivity contribution in [3.05, 3.63) is 60.8 Å². The molecule has 0 aromatic heterocycles. The highest BCUT2D eigenvalue weighted by atomic mass is 16.6. The monoisotopic (exact) mass is 1020 g/mol. The molecular weight excluding hydrogens is 901 g/mol. The third-order valence-corrected chi connectivity index (χ3v) is 14.0. The van der Waals surface area contributed by atoms with Gasteiger partial charge in [-0.05, 0) is 109 Å². The third kappa shape index (κ3) is 59.9. The number of carbonyl (C=O) groups excluding carboxylic acids is 3. The van der Waals surface area contributed by atoms with E-state index >= 15 is 0 Å². The van der Waals surface area contributed by atoms with Crippen molar-refractivity contribution in [1.82, 2.24) is 0 Å². The van der Waals surface area contributed by atoms with Crippen molar-refractivity contribution in [2.75, 3.05) is 13.2 Å². The maximum atomic E-state index is 12.9. The molecule has 0 N–H and O–H groups in total. The van der Waals surface area contributed by atoms with Crippen LogP contribution in [0.5, 0.6) is 0 Å². The Hall–Kier alpha value is -2.89. The fourth-order valence-electron chi connectivity index (χ4n) is 9.15. The third-order valence-electron chi connectivity index (χ3n) is 14.0. The molecule has 1 atom stereocenters. The van der Waals surface area contributed by atoms with E-state index in [9.17, 15) is 14.4 Å². The summed E-state index contributed by atoms with van der Waals surface area (Å²) < 4.78 is 16.9. The summed E-state index contributed by atoms with van der Waals surface area (Å²) in [5, 5.41) is 0. The first-order valence-corrected chi connectivity index (χ1v) is 31.8. The van der Waals surface area contributed by atoms with Crippen molar-refractivity contribution in [2.45, 2.75) is 335 Å². The Bertz CT molecular complexity index is 1310. The number of allylic oxidation sites excluding steroid dienone is 10. The Kier molecular flexibility index (Phi) is 59.2. The molecule has 0 saturated carbocycles. The summed E-state index contributed by atoms with van der Waals surface area (Å²) in [6, 6.07) is 0. The maximum absolute atomic E-state index is 12.9. The molecule has 6 nitrogen and oxygen atoms in total. The first kappa shape index (κ1) is 70.1. The van der Waals surface area contributed by atoms with Crippen LogP contribution in [0.15, 0.2) is 60.8 Å². The minimum absolute atomic E-state index is 0.0795. The van der Waals surface area contributed by atoms with Gasteiger partial charge in [-0.25, -0.2) is 0 Å². The van der Waals surface area contributed by atoms with E-state index in [1.165, 1.54) is 212 Å². The Balaban J connectivity index is 4.37. The number of hydrogen-bond acceptors (Lipinski definition) is 6. The van der Waals surface area contributed by atoms with Gasteiger partial charge < -0.3 is 14.2 Å². The van der Waals surface area contributed by atoms with Crippen molar-refractivity contribution < 1.29 is 28.6 Å². The number of unbranched alkanes of at least 4 members (excludes halogenated alkanes) is 37.